The molecule has 0 radical (unpaired) electrons. The van der Waals surface area contributed by atoms with E-state index < -0.39 is 0 Å². The van der Waals surface area contributed by atoms with Crippen LogP contribution in [0.3, 0.4) is 0 Å². The van der Waals surface area contributed by atoms with Crippen LogP contribution < -0.4 is 10.6 Å². The second-order valence-corrected chi connectivity index (χ2v) is 3.56. The van der Waals surface area contributed by atoms with Gasteiger partial charge in [-0.25, -0.2) is 0 Å². The first kappa shape index (κ1) is 11.8. The number of rotatable bonds is 6. The molecule has 2 N–H and O–H groups in total. The van der Waals surface area contributed by atoms with E-state index in [0.717, 1.165) is 13.0 Å². The zero-order valence-electron chi connectivity index (χ0n) is 9.42. The van der Waals surface area contributed by atoms with Crippen LogP contribution in [0.15, 0.2) is 18.3 Å². The molecular formula is C11H19N3O. The number of nitrogens with one attached hydrogen (secondary N) is 2. The van der Waals surface area contributed by atoms with Crippen LogP contribution >= 0.6 is 0 Å². The van der Waals surface area contributed by atoms with Gasteiger partial charge in [0.05, 0.1) is 0 Å². The van der Waals surface area contributed by atoms with Gasteiger partial charge >= 0.3 is 0 Å². The molecule has 1 rings (SSSR count). The molecule has 0 saturated heterocycles. The number of carbonyl (C=O) groups is 1. The van der Waals surface area contributed by atoms with Crippen molar-refractivity contribution in [3.63, 3.8) is 0 Å². The summed E-state index contributed by atoms with van der Waals surface area (Å²) >= 11 is 0. The van der Waals surface area contributed by atoms with Crippen molar-refractivity contribution in [2.45, 2.75) is 12.8 Å². The molecule has 84 valence electrons. The molecule has 1 amide bonds. The molecule has 0 aliphatic carbocycles. The number of nitrogens with zero attached hydrogens (tertiary/aromatic N) is 1. The first-order chi connectivity index (χ1) is 7.24. The summed E-state index contributed by atoms with van der Waals surface area (Å²) in [6, 6.07) is 4.08. The monoisotopic (exact) mass is 209 g/mol. The van der Waals surface area contributed by atoms with Crippen LogP contribution in [0.4, 0.5) is 0 Å². The summed E-state index contributed by atoms with van der Waals surface area (Å²) < 4.78 is 2.07. The molecule has 15 heavy (non-hydrogen) atoms. The van der Waals surface area contributed by atoms with E-state index in [-0.39, 0.29) is 5.91 Å². The Labute approximate surface area is 90.7 Å². The van der Waals surface area contributed by atoms with Crippen molar-refractivity contribution in [3.05, 3.63) is 24.0 Å². The zero-order valence-corrected chi connectivity index (χ0v) is 9.42. The van der Waals surface area contributed by atoms with Gasteiger partial charge in [-0.3, -0.25) is 4.79 Å². The Morgan fingerprint density at radius 2 is 2.27 bits per heavy atom. The van der Waals surface area contributed by atoms with Crippen LogP contribution in [0, 0.1) is 0 Å². The quantitative estimate of drug-likeness (QED) is 0.707. The van der Waals surface area contributed by atoms with Gasteiger partial charge in [0.15, 0.2) is 0 Å². The van der Waals surface area contributed by atoms with E-state index in [4.69, 9.17) is 0 Å². The number of amides is 1. The normalized spacial score (nSPS) is 10.3. The van der Waals surface area contributed by atoms with Gasteiger partial charge in [0.1, 0.15) is 0 Å². The number of carbonyl (C=O) groups excluding carboxylic acids is 1. The standard InChI is InChI=1S/C11H19N3O/c1-12-7-6-11(15)13-8-5-10-4-3-9-14(10)2/h3-4,9,12H,5-8H2,1-2H3,(H,13,15). The van der Waals surface area contributed by atoms with Crippen LogP contribution in [0.1, 0.15) is 12.1 Å². The molecule has 4 heteroatoms. The third kappa shape index (κ3) is 4.16. The van der Waals surface area contributed by atoms with Crippen molar-refractivity contribution in [3.8, 4) is 0 Å². The molecule has 1 aromatic heterocycles. The summed E-state index contributed by atoms with van der Waals surface area (Å²) in [5, 5.41) is 5.84. The van der Waals surface area contributed by atoms with Crippen LogP contribution in [0.25, 0.3) is 0 Å². The summed E-state index contributed by atoms with van der Waals surface area (Å²) in [7, 11) is 3.86. The van der Waals surface area contributed by atoms with Crippen molar-refractivity contribution in [2.24, 2.45) is 7.05 Å². The highest BCUT2D eigenvalue weighted by Gasteiger charge is 2.00. The first-order valence-electron chi connectivity index (χ1n) is 5.25. The molecular weight excluding hydrogens is 190 g/mol. The highest BCUT2D eigenvalue weighted by atomic mass is 16.1. The minimum atomic E-state index is 0.110. The summed E-state index contributed by atoms with van der Waals surface area (Å²) in [5.41, 5.74) is 1.24. The Balaban J connectivity index is 2.16. The van der Waals surface area contributed by atoms with Crippen molar-refractivity contribution in [1.82, 2.24) is 15.2 Å². The van der Waals surface area contributed by atoms with Gasteiger partial charge in [0.2, 0.25) is 5.91 Å². The van der Waals surface area contributed by atoms with Gasteiger partial charge in [-0.15, -0.1) is 0 Å². The molecule has 1 heterocycles. The Morgan fingerprint density at radius 1 is 1.47 bits per heavy atom. The third-order valence-corrected chi connectivity index (χ3v) is 2.36. The van der Waals surface area contributed by atoms with Crippen molar-refractivity contribution in [2.75, 3.05) is 20.1 Å². The predicted molar refractivity (Wildman–Crippen MR) is 60.7 cm³/mol. The molecule has 0 aromatic carbocycles. The van der Waals surface area contributed by atoms with Gasteiger partial charge in [-0.2, -0.15) is 0 Å². The predicted octanol–water partition coefficient (Wildman–Crippen LogP) is 0.293. The average molecular weight is 209 g/mol. The second-order valence-electron chi connectivity index (χ2n) is 3.56. The fourth-order valence-electron chi connectivity index (χ4n) is 1.41. The summed E-state index contributed by atoms with van der Waals surface area (Å²) in [5.74, 6) is 0.110. The van der Waals surface area contributed by atoms with Crippen molar-refractivity contribution < 1.29 is 4.79 Å². The zero-order chi connectivity index (χ0) is 11.1. The van der Waals surface area contributed by atoms with Crippen molar-refractivity contribution >= 4 is 5.91 Å². The Morgan fingerprint density at radius 3 is 2.87 bits per heavy atom. The summed E-state index contributed by atoms with van der Waals surface area (Å²) in [6.45, 7) is 1.44. The second kappa shape index (κ2) is 6.24. The van der Waals surface area contributed by atoms with Gasteiger partial charge in [0.25, 0.3) is 0 Å². The third-order valence-electron chi connectivity index (χ3n) is 2.36. The molecule has 0 bridgehead atoms. The van der Waals surface area contributed by atoms with E-state index in [1.165, 1.54) is 5.69 Å². The smallest absolute Gasteiger partial charge is 0.221 e. The maximum absolute atomic E-state index is 11.3. The maximum Gasteiger partial charge on any atom is 0.221 e. The van der Waals surface area contributed by atoms with Gasteiger partial charge in [0, 0.05) is 44.9 Å². The SMILES string of the molecule is CNCCC(=O)NCCc1cccn1C. The highest BCUT2D eigenvalue weighted by molar-refractivity contribution is 5.76. The molecule has 0 aliphatic heterocycles. The molecule has 0 fully saturated rings. The van der Waals surface area contributed by atoms with E-state index in [1.807, 2.05) is 26.4 Å². The summed E-state index contributed by atoms with van der Waals surface area (Å²) in [4.78, 5) is 11.3. The topological polar surface area (TPSA) is 46.1 Å². The van der Waals surface area contributed by atoms with Gasteiger partial charge in [-0.1, -0.05) is 0 Å². The molecule has 4 nitrogen and oxygen atoms in total. The minimum Gasteiger partial charge on any atom is -0.356 e. The number of hydrogen-bond acceptors (Lipinski definition) is 2. The fraction of sp³-hybridized carbons (Fsp3) is 0.545. The van der Waals surface area contributed by atoms with Crippen LogP contribution in [0.5, 0.6) is 0 Å². The maximum atomic E-state index is 11.3. The van der Waals surface area contributed by atoms with Crippen molar-refractivity contribution in [1.29, 1.82) is 0 Å². The van der Waals surface area contributed by atoms with E-state index in [1.54, 1.807) is 0 Å². The van der Waals surface area contributed by atoms with Crippen LogP contribution in [-0.4, -0.2) is 30.6 Å². The van der Waals surface area contributed by atoms with Gasteiger partial charge in [-0.05, 0) is 19.2 Å². The minimum absolute atomic E-state index is 0.110. The van der Waals surface area contributed by atoms with E-state index in [2.05, 4.69) is 21.3 Å². The molecule has 0 atom stereocenters. The molecule has 0 spiro atoms. The van der Waals surface area contributed by atoms with Crippen LogP contribution in [-0.2, 0) is 18.3 Å². The molecule has 1 aromatic rings. The molecule has 0 saturated carbocycles. The average Bonchev–Trinajstić information content (AvgIpc) is 2.61. The van der Waals surface area contributed by atoms with Crippen LogP contribution in [0.2, 0.25) is 0 Å². The Kier molecular flexibility index (Phi) is 4.90. The molecule has 0 unspecified atom stereocenters. The lowest BCUT2D eigenvalue weighted by Crippen LogP contribution is -2.28. The Bertz CT molecular complexity index is 307. The lowest BCUT2D eigenvalue weighted by molar-refractivity contribution is -0.120. The largest absolute Gasteiger partial charge is 0.356 e. The first-order valence-corrected chi connectivity index (χ1v) is 5.25. The van der Waals surface area contributed by atoms with E-state index in [0.29, 0.717) is 13.0 Å². The fourth-order valence-corrected chi connectivity index (χ4v) is 1.41. The molecule has 0 aliphatic rings. The Hall–Kier alpha value is -1.29. The highest BCUT2D eigenvalue weighted by Crippen LogP contribution is 1.99. The lowest BCUT2D eigenvalue weighted by atomic mass is 10.3. The number of hydrogen-bond donors (Lipinski definition) is 2. The lowest BCUT2D eigenvalue weighted by Gasteiger charge is -2.05. The van der Waals surface area contributed by atoms with Gasteiger partial charge < -0.3 is 15.2 Å². The van der Waals surface area contributed by atoms with E-state index in [9.17, 15) is 4.79 Å². The number of aryl methyl sites for hydroxylation is 1. The van der Waals surface area contributed by atoms with E-state index >= 15 is 0 Å². The number of aromatic nitrogens is 1. The summed E-state index contributed by atoms with van der Waals surface area (Å²) in [6.07, 6.45) is 3.44.